The van der Waals surface area contributed by atoms with Gasteiger partial charge in [0.05, 0.1) is 0 Å². The second kappa shape index (κ2) is 2.64. The number of aromatic nitrogens is 3. The zero-order valence-electron chi connectivity index (χ0n) is 8.67. The molecule has 1 N–H and O–H groups in total. The van der Waals surface area contributed by atoms with Crippen LogP contribution in [0.2, 0.25) is 0 Å². The third kappa shape index (κ3) is 0.988. The summed E-state index contributed by atoms with van der Waals surface area (Å²) in [4.78, 5) is 0. The number of hydrogen-bond donors (Lipinski definition) is 1. The summed E-state index contributed by atoms with van der Waals surface area (Å²) in [6.45, 7) is 1.04. The summed E-state index contributed by atoms with van der Waals surface area (Å²) < 4.78 is 2.19. The third-order valence-electron chi connectivity index (χ3n) is 3.56. The van der Waals surface area contributed by atoms with E-state index in [1.807, 2.05) is 12.1 Å². The van der Waals surface area contributed by atoms with Gasteiger partial charge in [-0.15, -0.1) is 10.2 Å². The molecule has 4 rings (SSSR count). The predicted octanol–water partition coefficient (Wildman–Crippen LogP) is 1.77. The summed E-state index contributed by atoms with van der Waals surface area (Å²) in [5.41, 5.74) is 0.944. The molecular weight excluding hydrogens is 202 g/mol. The summed E-state index contributed by atoms with van der Waals surface area (Å²) in [5.74, 6) is 3.74. The van der Waals surface area contributed by atoms with Gasteiger partial charge in [-0.2, -0.15) is 0 Å². The normalized spacial score (nSPS) is 25.2. The van der Waals surface area contributed by atoms with Crippen molar-refractivity contribution in [1.29, 1.82) is 0 Å². The molecule has 2 aromatic rings. The molecule has 1 aromatic heterocycles. The highest BCUT2D eigenvalue weighted by atomic mass is 16.3. The molecule has 0 bridgehead atoms. The Kier molecular flexibility index (Phi) is 1.37. The van der Waals surface area contributed by atoms with E-state index in [-0.39, 0.29) is 5.75 Å². The summed E-state index contributed by atoms with van der Waals surface area (Å²) in [7, 11) is 0. The first-order chi connectivity index (χ1) is 7.83. The van der Waals surface area contributed by atoms with Gasteiger partial charge in [0.25, 0.3) is 0 Å². The highest BCUT2D eigenvalue weighted by Crippen LogP contribution is 2.53. The number of phenolic OH excluding ortho intramolecular Hbond substituents is 1. The second-order valence-corrected chi connectivity index (χ2v) is 4.65. The molecule has 2 atom stereocenters. The molecule has 2 heterocycles. The number of rotatable bonds is 1. The quantitative estimate of drug-likeness (QED) is 0.785. The number of fused-ring (bicyclic) bond motifs is 3. The van der Waals surface area contributed by atoms with E-state index < -0.39 is 0 Å². The van der Waals surface area contributed by atoms with Gasteiger partial charge in [-0.1, -0.05) is 12.1 Å². The summed E-state index contributed by atoms with van der Waals surface area (Å²) in [5, 5.41) is 17.9. The van der Waals surface area contributed by atoms with Crippen molar-refractivity contribution in [2.75, 3.05) is 0 Å². The van der Waals surface area contributed by atoms with Crippen LogP contribution in [0.4, 0.5) is 0 Å². The highest BCUT2D eigenvalue weighted by molar-refractivity contribution is 5.58. The fraction of sp³-hybridized carbons (Fsp3) is 0.333. The van der Waals surface area contributed by atoms with Crippen molar-refractivity contribution in [3.63, 3.8) is 0 Å². The topological polar surface area (TPSA) is 50.9 Å². The maximum absolute atomic E-state index is 9.46. The van der Waals surface area contributed by atoms with Crippen LogP contribution in [0.15, 0.2) is 24.3 Å². The summed E-state index contributed by atoms with van der Waals surface area (Å²) in [6, 6.07) is 7.20. The molecule has 1 aromatic carbocycles. The smallest absolute Gasteiger partial charge is 0.164 e. The third-order valence-corrected chi connectivity index (χ3v) is 3.56. The number of hydrogen-bond acceptors (Lipinski definition) is 3. The van der Waals surface area contributed by atoms with Gasteiger partial charge in [-0.25, -0.2) is 0 Å². The highest BCUT2D eigenvalue weighted by Gasteiger charge is 2.48. The van der Waals surface area contributed by atoms with Gasteiger partial charge < -0.3 is 9.67 Å². The Balaban J connectivity index is 1.86. The van der Waals surface area contributed by atoms with Gasteiger partial charge in [0.2, 0.25) is 0 Å². The minimum atomic E-state index is 0.276. The minimum absolute atomic E-state index is 0.276. The molecule has 0 saturated heterocycles. The van der Waals surface area contributed by atoms with Gasteiger partial charge in [-0.3, -0.25) is 0 Å². The minimum Gasteiger partial charge on any atom is -0.508 e. The van der Waals surface area contributed by atoms with E-state index in [1.165, 1.54) is 6.42 Å². The Hall–Kier alpha value is -1.84. The molecule has 0 amide bonds. The fourth-order valence-corrected chi connectivity index (χ4v) is 2.63. The number of phenols is 1. The maximum atomic E-state index is 9.46. The van der Waals surface area contributed by atoms with Crippen LogP contribution in [0.3, 0.4) is 0 Å². The van der Waals surface area contributed by atoms with Crippen molar-refractivity contribution in [3.8, 4) is 17.1 Å². The Bertz CT molecular complexity index is 575. The van der Waals surface area contributed by atoms with Gasteiger partial charge in [0, 0.05) is 18.0 Å². The van der Waals surface area contributed by atoms with E-state index in [9.17, 15) is 5.11 Å². The average Bonchev–Trinajstić information content (AvgIpc) is 2.77. The summed E-state index contributed by atoms with van der Waals surface area (Å²) in [6.07, 6.45) is 1.28. The lowest BCUT2D eigenvalue weighted by molar-refractivity contribution is 0.475. The molecule has 4 heteroatoms. The van der Waals surface area contributed by atoms with Crippen LogP contribution in [0.5, 0.6) is 5.75 Å². The molecule has 2 unspecified atom stereocenters. The zero-order valence-corrected chi connectivity index (χ0v) is 8.67. The number of aromatic hydroxyl groups is 1. The molecule has 16 heavy (non-hydrogen) atoms. The average molecular weight is 213 g/mol. The predicted molar refractivity (Wildman–Crippen MR) is 58.0 cm³/mol. The van der Waals surface area contributed by atoms with Gasteiger partial charge in [-0.05, 0) is 24.5 Å². The van der Waals surface area contributed by atoms with E-state index in [0.29, 0.717) is 5.92 Å². The molecule has 1 saturated carbocycles. The Labute approximate surface area is 92.6 Å². The van der Waals surface area contributed by atoms with E-state index in [2.05, 4.69) is 14.8 Å². The first-order valence-electron chi connectivity index (χ1n) is 5.55. The molecule has 0 spiro atoms. The maximum Gasteiger partial charge on any atom is 0.164 e. The van der Waals surface area contributed by atoms with Crippen LogP contribution in [-0.2, 0) is 6.54 Å². The van der Waals surface area contributed by atoms with Crippen molar-refractivity contribution >= 4 is 0 Å². The van der Waals surface area contributed by atoms with E-state index in [4.69, 9.17) is 0 Å². The van der Waals surface area contributed by atoms with Gasteiger partial charge >= 0.3 is 0 Å². The lowest BCUT2D eigenvalue weighted by Gasteiger charge is -2.04. The van der Waals surface area contributed by atoms with Crippen molar-refractivity contribution in [2.45, 2.75) is 18.9 Å². The standard InChI is InChI=1S/C12H11N3O/c16-9-3-1-2-7(4-9)11-13-14-12-10-5-8(10)6-15(11)12/h1-4,8,10,16H,5-6H2. The van der Waals surface area contributed by atoms with E-state index in [0.717, 1.165) is 29.7 Å². The van der Waals surface area contributed by atoms with Crippen molar-refractivity contribution in [2.24, 2.45) is 5.92 Å². The van der Waals surface area contributed by atoms with Gasteiger partial charge in [0.1, 0.15) is 11.6 Å². The Morgan fingerprint density at radius 1 is 1.31 bits per heavy atom. The molecule has 1 fully saturated rings. The molecule has 80 valence electrons. The number of nitrogens with zero attached hydrogens (tertiary/aromatic N) is 3. The number of benzene rings is 1. The van der Waals surface area contributed by atoms with Crippen LogP contribution in [0.25, 0.3) is 11.4 Å². The first kappa shape index (κ1) is 8.33. The molecule has 0 radical (unpaired) electrons. The molecular formula is C12H11N3O. The van der Waals surface area contributed by atoms with Crippen LogP contribution >= 0.6 is 0 Å². The Morgan fingerprint density at radius 2 is 2.25 bits per heavy atom. The van der Waals surface area contributed by atoms with E-state index >= 15 is 0 Å². The molecule has 2 aliphatic rings. The molecule has 1 aliphatic heterocycles. The van der Waals surface area contributed by atoms with Crippen molar-refractivity contribution in [1.82, 2.24) is 14.8 Å². The lowest BCUT2D eigenvalue weighted by atomic mass is 10.2. The fourth-order valence-electron chi connectivity index (χ4n) is 2.63. The monoisotopic (exact) mass is 213 g/mol. The molecule has 1 aliphatic carbocycles. The lowest BCUT2D eigenvalue weighted by Crippen LogP contribution is -2.00. The van der Waals surface area contributed by atoms with Crippen LogP contribution in [0.1, 0.15) is 18.2 Å². The van der Waals surface area contributed by atoms with Crippen LogP contribution in [0, 0.1) is 5.92 Å². The van der Waals surface area contributed by atoms with E-state index in [1.54, 1.807) is 12.1 Å². The second-order valence-electron chi connectivity index (χ2n) is 4.65. The SMILES string of the molecule is Oc1cccc(-c2nnc3n2CC2CC32)c1. The van der Waals surface area contributed by atoms with Gasteiger partial charge in [0.15, 0.2) is 5.82 Å². The Morgan fingerprint density at radius 3 is 3.12 bits per heavy atom. The largest absolute Gasteiger partial charge is 0.508 e. The van der Waals surface area contributed by atoms with Crippen LogP contribution < -0.4 is 0 Å². The zero-order chi connectivity index (χ0) is 10.7. The molecule has 4 nitrogen and oxygen atoms in total. The first-order valence-corrected chi connectivity index (χ1v) is 5.55. The van der Waals surface area contributed by atoms with Crippen molar-refractivity contribution < 1.29 is 5.11 Å². The van der Waals surface area contributed by atoms with Crippen LogP contribution in [-0.4, -0.2) is 19.9 Å². The van der Waals surface area contributed by atoms with Crippen molar-refractivity contribution in [3.05, 3.63) is 30.1 Å². The summed E-state index contributed by atoms with van der Waals surface area (Å²) >= 11 is 0.